The number of halogens is 2. The van der Waals surface area contributed by atoms with E-state index in [9.17, 15) is 9.59 Å². The SMILES string of the molecule is CCCCCNC(=O)C1CCN(CCC(=O)Nc2cc(Cl)ccc2Cl)CC1. The third kappa shape index (κ3) is 7.68. The summed E-state index contributed by atoms with van der Waals surface area (Å²) in [6.45, 7) is 5.30. The molecule has 2 rings (SSSR count). The van der Waals surface area contributed by atoms with Gasteiger partial charge in [0.15, 0.2) is 0 Å². The van der Waals surface area contributed by atoms with Gasteiger partial charge in [-0.15, -0.1) is 0 Å². The molecular formula is C20H29Cl2N3O2. The fourth-order valence-corrected chi connectivity index (χ4v) is 3.55. The van der Waals surface area contributed by atoms with Gasteiger partial charge in [0.2, 0.25) is 11.8 Å². The molecule has 0 unspecified atom stereocenters. The lowest BCUT2D eigenvalue weighted by Crippen LogP contribution is -2.41. The van der Waals surface area contributed by atoms with Crippen molar-refractivity contribution in [1.82, 2.24) is 10.2 Å². The number of likely N-dealkylation sites (tertiary alicyclic amines) is 1. The first-order chi connectivity index (χ1) is 13.0. The number of nitrogens with one attached hydrogen (secondary N) is 2. The van der Waals surface area contributed by atoms with Crippen LogP contribution in [0, 0.1) is 5.92 Å². The Hall–Kier alpha value is -1.30. The van der Waals surface area contributed by atoms with Crippen molar-refractivity contribution in [3.8, 4) is 0 Å². The molecule has 0 aliphatic carbocycles. The van der Waals surface area contributed by atoms with Gasteiger partial charge in [-0.1, -0.05) is 43.0 Å². The number of carbonyl (C=O) groups is 2. The van der Waals surface area contributed by atoms with Crippen molar-refractivity contribution < 1.29 is 9.59 Å². The summed E-state index contributed by atoms with van der Waals surface area (Å²) in [6, 6.07) is 4.99. The summed E-state index contributed by atoms with van der Waals surface area (Å²) in [7, 11) is 0. The molecule has 2 N–H and O–H groups in total. The Bertz CT molecular complexity index is 632. The largest absolute Gasteiger partial charge is 0.356 e. The highest BCUT2D eigenvalue weighted by molar-refractivity contribution is 6.35. The first-order valence-corrected chi connectivity index (χ1v) is 10.5. The number of amides is 2. The summed E-state index contributed by atoms with van der Waals surface area (Å²) in [5, 5.41) is 6.85. The van der Waals surface area contributed by atoms with E-state index in [1.807, 2.05) is 0 Å². The lowest BCUT2D eigenvalue weighted by Gasteiger charge is -2.31. The van der Waals surface area contributed by atoms with Crippen LogP contribution >= 0.6 is 23.2 Å². The van der Waals surface area contributed by atoms with Crippen molar-refractivity contribution in [3.63, 3.8) is 0 Å². The Kier molecular flexibility index (Phi) is 9.39. The molecule has 0 spiro atoms. The van der Waals surface area contributed by atoms with E-state index < -0.39 is 0 Å². The second kappa shape index (κ2) is 11.5. The van der Waals surface area contributed by atoms with Gasteiger partial charge in [0.25, 0.3) is 0 Å². The minimum Gasteiger partial charge on any atom is -0.356 e. The van der Waals surface area contributed by atoms with Gasteiger partial charge in [-0.2, -0.15) is 0 Å². The summed E-state index contributed by atoms with van der Waals surface area (Å²) in [6.07, 6.45) is 5.44. The third-order valence-corrected chi connectivity index (χ3v) is 5.46. The molecule has 0 saturated carbocycles. The van der Waals surface area contributed by atoms with E-state index in [0.717, 1.165) is 51.7 Å². The average molecular weight is 414 g/mol. The maximum atomic E-state index is 12.2. The molecule has 1 aromatic rings. The van der Waals surface area contributed by atoms with Crippen molar-refractivity contribution >= 4 is 40.7 Å². The number of hydrogen-bond acceptors (Lipinski definition) is 3. The van der Waals surface area contributed by atoms with Gasteiger partial charge in [-0.25, -0.2) is 0 Å². The molecule has 150 valence electrons. The zero-order valence-corrected chi connectivity index (χ0v) is 17.4. The number of carbonyl (C=O) groups excluding carboxylic acids is 2. The summed E-state index contributed by atoms with van der Waals surface area (Å²) in [5.74, 6) is 0.191. The fraction of sp³-hybridized carbons (Fsp3) is 0.600. The molecule has 1 fully saturated rings. The van der Waals surface area contributed by atoms with Gasteiger partial charge >= 0.3 is 0 Å². The molecule has 0 radical (unpaired) electrons. The lowest BCUT2D eigenvalue weighted by atomic mass is 9.95. The molecule has 5 nitrogen and oxygen atoms in total. The maximum absolute atomic E-state index is 12.2. The Morgan fingerprint density at radius 3 is 2.63 bits per heavy atom. The molecule has 7 heteroatoms. The van der Waals surface area contributed by atoms with Gasteiger partial charge in [0, 0.05) is 30.5 Å². The number of unbranched alkanes of at least 4 members (excludes halogenated alkanes) is 2. The van der Waals surface area contributed by atoms with E-state index in [0.29, 0.717) is 28.7 Å². The number of anilines is 1. The normalized spacial score (nSPS) is 15.5. The van der Waals surface area contributed by atoms with Crippen LogP contribution in [0.5, 0.6) is 0 Å². The van der Waals surface area contributed by atoms with Crippen molar-refractivity contribution in [2.45, 2.75) is 45.4 Å². The summed E-state index contributed by atoms with van der Waals surface area (Å²) in [4.78, 5) is 26.6. The first kappa shape index (κ1) is 22.0. The second-order valence-corrected chi connectivity index (χ2v) is 7.88. The third-order valence-electron chi connectivity index (χ3n) is 4.90. The van der Waals surface area contributed by atoms with Gasteiger partial charge in [-0.05, 0) is 50.6 Å². The second-order valence-electron chi connectivity index (χ2n) is 7.04. The summed E-state index contributed by atoms with van der Waals surface area (Å²) in [5.41, 5.74) is 0.535. The summed E-state index contributed by atoms with van der Waals surface area (Å²) < 4.78 is 0. The molecule has 1 aromatic carbocycles. The Labute approximate surface area is 171 Å². The minimum absolute atomic E-state index is 0.0880. The molecular weight excluding hydrogens is 385 g/mol. The molecule has 1 aliphatic rings. The number of hydrogen-bond donors (Lipinski definition) is 2. The van der Waals surface area contributed by atoms with Gasteiger partial charge in [0.05, 0.1) is 10.7 Å². The lowest BCUT2D eigenvalue weighted by molar-refractivity contribution is -0.126. The Morgan fingerprint density at radius 1 is 1.19 bits per heavy atom. The number of piperidine rings is 1. The zero-order chi connectivity index (χ0) is 19.6. The van der Waals surface area contributed by atoms with Crippen LogP contribution in [-0.4, -0.2) is 42.9 Å². The van der Waals surface area contributed by atoms with Gasteiger partial charge in [0.1, 0.15) is 0 Å². The fourth-order valence-electron chi connectivity index (χ4n) is 3.22. The van der Waals surface area contributed by atoms with Crippen LogP contribution < -0.4 is 10.6 Å². The quantitative estimate of drug-likeness (QED) is 0.591. The van der Waals surface area contributed by atoms with Crippen LogP contribution in [0.1, 0.15) is 45.4 Å². The van der Waals surface area contributed by atoms with E-state index >= 15 is 0 Å². The molecule has 27 heavy (non-hydrogen) atoms. The number of benzene rings is 1. The van der Waals surface area contributed by atoms with Crippen molar-refractivity contribution in [2.24, 2.45) is 5.92 Å². The predicted octanol–water partition coefficient (Wildman–Crippen LogP) is 4.34. The van der Waals surface area contributed by atoms with E-state index in [4.69, 9.17) is 23.2 Å². The average Bonchev–Trinajstić information content (AvgIpc) is 2.67. The maximum Gasteiger partial charge on any atom is 0.225 e. The zero-order valence-electron chi connectivity index (χ0n) is 15.9. The van der Waals surface area contributed by atoms with Crippen LogP contribution in [0.4, 0.5) is 5.69 Å². The van der Waals surface area contributed by atoms with E-state index in [-0.39, 0.29) is 17.7 Å². The highest BCUT2D eigenvalue weighted by Gasteiger charge is 2.24. The van der Waals surface area contributed by atoms with Crippen LogP contribution in [0.3, 0.4) is 0 Å². The molecule has 0 aromatic heterocycles. The van der Waals surface area contributed by atoms with Crippen LogP contribution in [0.15, 0.2) is 18.2 Å². The van der Waals surface area contributed by atoms with Crippen molar-refractivity contribution in [2.75, 3.05) is 31.5 Å². The molecule has 0 bridgehead atoms. The van der Waals surface area contributed by atoms with Gasteiger partial charge in [-0.3, -0.25) is 9.59 Å². The van der Waals surface area contributed by atoms with E-state index in [2.05, 4.69) is 22.5 Å². The van der Waals surface area contributed by atoms with Crippen LogP contribution in [-0.2, 0) is 9.59 Å². The molecule has 1 heterocycles. The molecule has 2 amide bonds. The van der Waals surface area contributed by atoms with Crippen LogP contribution in [0.2, 0.25) is 10.0 Å². The Balaban J connectivity index is 1.66. The highest BCUT2D eigenvalue weighted by atomic mass is 35.5. The monoisotopic (exact) mass is 413 g/mol. The van der Waals surface area contributed by atoms with E-state index in [1.165, 1.54) is 0 Å². The standard InChI is InChI=1S/C20H29Cl2N3O2/c1-2-3-4-10-23-20(27)15-7-11-25(12-8-15)13-9-19(26)24-18-14-16(21)5-6-17(18)22/h5-6,14-15H,2-4,7-13H2,1H3,(H,23,27)(H,24,26). The number of rotatable bonds is 9. The summed E-state index contributed by atoms with van der Waals surface area (Å²) >= 11 is 12.0. The Morgan fingerprint density at radius 2 is 1.93 bits per heavy atom. The highest BCUT2D eigenvalue weighted by Crippen LogP contribution is 2.25. The topological polar surface area (TPSA) is 61.4 Å². The van der Waals surface area contributed by atoms with Crippen LogP contribution in [0.25, 0.3) is 0 Å². The van der Waals surface area contributed by atoms with Crippen molar-refractivity contribution in [3.05, 3.63) is 28.2 Å². The predicted molar refractivity (Wildman–Crippen MR) is 111 cm³/mol. The smallest absolute Gasteiger partial charge is 0.225 e. The molecule has 1 saturated heterocycles. The first-order valence-electron chi connectivity index (χ1n) is 9.74. The van der Waals surface area contributed by atoms with Gasteiger partial charge < -0.3 is 15.5 Å². The van der Waals surface area contributed by atoms with Crippen molar-refractivity contribution in [1.29, 1.82) is 0 Å². The minimum atomic E-state index is -0.0880. The molecule has 1 aliphatic heterocycles. The van der Waals surface area contributed by atoms with E-state index in [1.54, 1.807) is 18.2 Å². The number of nitrogens with zero attached hydrogens (tertiary/aromatic N) is 1. The molecule has 0 atom stereocenters.